The minimum absolute atomic E-state index is 0.851. The highest BCUT2D eigenvalue weighted by Gasteiger charge is 2.19. The fraction of sp³-hybridized carbons (Fsp3) is 0. The van der Waals surface area contributed by atoms with Gasteiger partial charge >= 0.3 is 0 Å². The van der Waals surface area contributed by atoms with Gasteiger partial charge in [0.1, 0.15) is 0 Å². The lowest BCUT2D eigenvalue weighted by molar-refractivity contribution is 1.29. The lowest BCUT2D eigenvalue weighted by Crippen LogP contribution is -1.99. The molecule has 0 radical (unpaired) electrons. The summed E-state index contributed by atoms with van der Waals surface area (Å²) in [5.74, 6) is 0. The zero-order valence-electron chi connectivity index (χ0n) is 26.1. The van der Waals surface area contributed by atoms with Crippen LogP contribution in [0, 0.1) is 0 Å². The van der Waals surface area contributed by atoms with E-state index in [9.17, 15) is 0 Å². The molecule has 0 unspecified atom stereocenters. The van der Waals surface area contributed by atoms with E-state index >= 15 is 0 Å². The SMILES string of the molecule is c1ccc(-c2nc3c(-c4ccc5ccccc5c4)ccc(-c4ccc5ccccc5c4)c3nc2-c2ccc(-c3cccnc3)cc2)cc1. The number of pyridine rings is 1. The van der Waals surface area contributed by atoms with Crippen molar-refractivity contribution in [1.29, 1.82) is 0 Å². The molecule has 0 aliphatic heterocycles. The van der Waals surface area contributed by atoms with Crippen molar-refractivity contribution in [3.63, 3.8) is 0 Å². The monoisotopic (exact) mass is 611 g/mol. The smallest absolute Gasteiger partial charge is 0.0979 e. The summed E-state index contributed by atoms with van der Waals surface area (Å²) in [5, 5.41) is 4.82. The Morgan fingerprint density at radius 2 is 0.771 bits per heavy atom. The normalized spacial score (nSPS) is 11.3. The molecule has 0 aliphatic carbocycles. The molecule has 0 aliphatic rings. The van der Waals surface area contributed by atoms with Gasteiger partial charge in [0.15, 0.2) is 0 Å². The molecule has 0 fully saturated rings. The number of benzene rings is 7. The fourth-order valence-corrected chi connectivity index (χ4v) is 6.67. The van der Waals surface area contributed by atoms with Gasteiger partial charge in [0.05, 0.1) is 22.4 Å². The molecule has 2 heterocycles. The molecule has 0 saturated carbocycles. The van der Waals surface area contributed by atoms with Gasteiger partial charge in [0.2, 0.25) is 0 Å². The third-order valence-electron chi connectivity index (χ3n) is 9.14. The maximum absolute atomic E-state index is 5.55. The molecule has 7 aromatic carbocycles. The molecule has 0 atom stereocenters. The van der Waals surface area contributed by atoms with Gasteiger partial charge in [-0.05, 0) is 62.0 Å². The third-order valence-corrected chi connectivity index (χ3v) is 9.14. The zero-order valence-corrected chi connectivity index (χ0v) is 26.1. The Morgan fingerprint density at radius 1 is 0.312 bits per heavy atom. The second-order valence-corrected chi connectivity index (χ2v) is 12.1. The highest BCUT2D eigenvalue weighted by molar-refractivity contribution is 6.05. The summed E-state index contributed by atoms with van der Waals surface area (Å²) in [4.78, 5) is 15.4. The van der Waals surface area contributed by atoms with Gasteiger partial charge < -0.3 is 0 Å². The van der Waals surface area contributed by atoms with E-state index in [-0.39, 0.29) is 0 Å². The minimum Gasteiger partial charge on any atom is -0.264 e. The fourth-order valence-electron chi connectivity index (χ4n) is 6.67. The van der Waals surface area contributed by atoms with Crippen LogP contribution in [0.15, 0.2) is 176 Å². The number of hydrogen-bond acceptors (Lipinski definition) is 3. The van der Waals surface area contributed by atoms with Crippen LogP contribution in [0.1, 0.15) is 0 Å². The molecule has 2 aromatic heterocycles. The van der Waals surface area contributed by atoms with Crippen molar-refractivity contribution in [2.75, 3.05) is 0 Å². The van der Waals surface area contributed by atoms with Gasteiger partial charge in [0.25, 0.3) is 0 Å². The maximum atomic E-state index is 5.55. The van der Waals surface area contributed by atoms with Crippen LogP contribution in [0.5, 0.6) is 0 Å². The van der Waals surface area contributed by atoms with E-state index in [1.807, 2.05) is 18.3 Å². The topological polar surface area (TPSA) is 38.7 Å². The quantitative estimate of drug-likeness (QED) is 0.194. The lowest BCUT2D eigenvalue weighted by Gasteiger charge is -2.16. The lowest BCUT2D eigenvalue weighted by atomic mass is 9.94. The van der Waals surface area contributed by atoms with Gasteiger partial charge in [-0.1, -0.05) is 146 Å². The van der Waals surface area contributed by atoms with E-state index in [0.717, 1.165) is 66.9 Å². The molecule has 9 rings (SSSR count). The number of hydrogen-bond donors (Lipinski definition) is 0. The Bertz CT molecular complexity index is 2590. The molecule has 3 nitrogen and oxygen atoms in total. The van der Waals surface area contributed by atoms with Gasteiger partial charge in [-0.2, -0.15) is 0 Å². The number of nitrogens with zero attached hydrogens (tertiary/aromatic N) is 3. The maximum Gasteiger partial charge on any atom is 0.0979 e. The van der Waals surface area contributed by atoms with E-state index in [1.165, 1.54) is 21.5 Å². The Balaban J connectivity index is 1.32. The Kier molecular flexibility index (Phi) is 6.80. The largest absolute Gasteiger partial charge is 0.264 e. The average molecular weight is 612 g/mol. The third kappa shape index (κ3) is 4.99. The van der Waals surface area contributed by atoms with Crippen molar-refractivity contribution in [3.05, 3.63) is 176 Å². The van der Waals surface area contributed by atoms with E-state index in [2.05, 4.69) is 157 Å². The van der Waals surface area contributed by atoms with Crippen LogP contribution in [0.2, 0.25) is 0 Å². The van der Waals surface area contributed by atoms with Crippen LogP contribution in [-0.4, -0.2) is 15.0 Å². The molecular formula is C45H29N3. The van der Waals surface area contributed by atoms with Gasteiger partial charge in [-0.3, -0.25) is 4.98 Å². The molecule has 48 heavy (non-hydrogen) atoms. The summed E-state index contributed by atoms with van der Waals surface area (Å²) in [6.45, 7) is 0. The van der Waals surface area contributed by atoms with Crippen LogP contribution in [0.3, 0.4) is 0 Å². The first kappa shape index (κ1) is 27.8. The van der Waals surface area contributed by atoms with Crippen LogP contribution in [-0.2, 0) is 0 Å². The van der Waals surface area contributed by atoms with Crippen molar-refractivity contribution < 1.29 is 0 Å². The Hall–Kier alpha value is -6.45. The molecular weight excluding hydrogens is 583 g/mol. The van der Waals surface area contributed by atoms with Gasteiger partial charge in [-0.15, -0.1) is 0 Å². The highest BCUT2D eigenvalue weighted by Crippen LogP contribution is 2.40. The first-order chi connectivity index (χ1) is 23.8. The van der Waals surface area contributed by atoms with Crippen LogP contribution < -0.4 is 0 Å². The summed E-state index contributed by atoms with van der Waals surface area (Å²) in [6.07, 6.45) is 3.69. The van der Waals surface area contributed by atoms with Crippen LogP contribution in [0.4, 0.5) is 0 Å². The van der Waals surface area contributed by atoms with E-state index in [1.54, 1.807) is 6.20 Å². The van der Waals surface area contributed by atoms with Crippen molar-refractivity contribution in [2.45, 2.75) is 0 Å². The summed E-state index contributed by atoms with van der Waals surface area (Å²) < 4.78 is 0. The first-order valence-electron chi connectivity index (χ1n) is 16.2. The molecule has 0 spiro atoms. The average Bonchev–Trinajstić information content (AvgIpc) is 3.17. The van der Waals surface area contributed by atoms with Crippen molar-refractivity contribution >= 4 is 32.6 Å². The van der Waals surface area contributed by atoms with Crippen molar-refractivity contribution in [2.24, 2.45) is 0 Å². The van der Waals surface area contributed by atoms with E-state index < -0.39 is 0 Å². The number of aromatic nitrogens is 3. The van der Waals surface area contributed by atoms with Crippen LogP contribution >= 0.6 is 0 Å². The molecule has 0 bridgehead atoms. The Morgan fingerprint density at radius 3 is 1.31 bits per heavy atom. The molecule has 3 heteroatoms. The molecule has 0 N–H and O–H groups in total. The summed E-state index contributed by atoms with van der Waals surface area (Å²) in [7, 11) is 0. The van der Waals surface area contributed by atoms with Crippen molar-refractivity contribution in [1.82, 2.24) is 15.0 Å². The van der Waals surface area contributed by atoms with Gasteiger partial charge in [-0.25, -0.2) is 9.97 Å². The molecule has 9 aromatic rings. The highest BCUT2D eigenvalue weighted by atomic mass is 14.8. The second kappa shape index (κ2) is 11.7. The minimum atomic E-state index is 0.851. The zero-order chi connectivity index (χ0) is 31.9. The summed E-state index contributed by atoms with van der Waals surface area (Å²) >= 11 is 0. The van der Waals surface area contributed by atoms with Crippen LogP contribution in [0.25, 0.3) is 88.5 Å². The van der Waals surface area contributed by atoms with Crippen molar-refractivity contribution in [3.8, 4) is 55.9 Å². The number of rotatable bonds is 5. The first-order valence-corrected chi connectivity index (χ1v) is 16.2. The summed E-state index contributed by atoms with van der Waals surface area (Å²) in [5.41, 5.74) is 12.0. The standard InChI is InChI=1S/C45H29N3/c1-2-11-33(12-3-1)42-43(34-20-16-32(17-21-34)39-15-8-26-46-29-39)48-45-41(38-23-19-31-10-5-7-14-36(31)28-38)25-24-40(44(45)47-42)37-22-18-30-9-4-6-13-35(30)27-37/h1-29H. The Labute approximate surface area is 278 Å². The summed E-state index contributed by atoms with van der Waals surface area (Å²) in [6, 6.07) is 57.7. The van der Waals surface area contributed by atoms with Gasteiger partial charge in [0, 0.05) is 34.6 Å². The number of fused-ring (bicyclic) bond motifs is 3. The molecule has 0 saturated heterocycles. The predicted octanol–water partition coefficient (Wildman–Crippen LogP) is 11.7. The second-order valence-electron chi connectivity index (χ2n) is 12.1. The van der Waals surface area contributed by atoms with E-state index in [4.69, 9.17) is 9.97 Å². The predicted molar refractivity (Wildman–Crippen MR) is 200 cm³/mol. The molecule has 224 valence electrons. The molecule has 0 amide bonds. The van der Waals surface area contributed by atoms with E-state index in [0.29, 0.717) is 0 Å².